The Morgan fingerprint density at radius 1 is 1.31 bits per heavy atom. The summed E-state index contributed by atoms with van der Waals surface area (Å²) in [5, 5.41) is 9.85. The van der Waals surface area contributed by atoms with Crippen molar-refractivity contribution in [2.75, 3.05) is 4.72 Å². The molecule has 0 radical (unpaired) electrons. The predicted molar refractivity (Wildman–Crippen MR) is 65.4 cm³/mol. The zero-order valence-corrected chi connectivity index (χ0v) is 10.9. The molecule has 4 nitrogen and oxygen atoms in total. The van der Waals surface area contributed by atoms with Gasteiger partial charge in [-0.1, -0.05) is 11.6 Å². The summed E-state index contributed by atoms with van der Waals surface area (Å²) in [6.45, 7) is 4.72. The van der Waals surface area contributed by atoms with Gasteiger partial charge >= 0.3 is 0 Å². The minimum absolute atomic E-state index is 0.124. The number of rotatable bonds is 2. The Morgan fingerprint density at radius 2 is 1.88 bits per heavy atom. The van der Waals surface area contributed by atoms with E-state index in [9.17, 15) is 13.5 Å². The lowest BCUT2D eigenvalue weighted by atomic mass is 10.3. The van der Waals surface area contributed by atoms with Crippen molar-refractivity contribution in [3.05, 3.63) is 23.2 Å². The van der Waals surface area contributed by atoms with Crippen LogP contribution in [-0.2, 0) is 10.0 Å². The van der Waals surface area contributed by atoms with E-state index in [1.54, 1.807) is 20.8 Å². The van der Waals surface area contributed by atoms with Gasteiger partial charge in [0.1, 0.15) is 5.75 Å². The van der Waals surface area contributed by atoms with Crippen LogP contribution >= 0.6 is 11.6 Å². The number of phenolic OH excluding ortho intramolecular Hbond substituents is 1. The molecule has 6 heteroatoms. The third kappa shape index (κ3) is 2.80. The Hall–Kier alpha value is -0.940. The van der Waals surface area contributed by atoms with Crippen molar-refractivity contribution in [3.63, 3.8) is 0 Å². The molecule has 2 N–H and O–H groups in total. The van der Waals surface area contributed by atoms with Gasteiger partial charge < -0.3 is 5.11 Å². The number of nitrogens with one attached hydrogen (secondary N) is 1. The van der Waals surface area contributed by atoms with Crippen molar-refractivity contribution in [3.8, 4) is 5.75 Å². The van der Waals surface area contributed by atoms with E-state index in [-0.39, 0.29) is 11.4 Å². The van der Waals surface area contributed by atoms with E-state index in [0.29, 0.717) is 5.02 Å². The molecule has 0 aromatic heterocycles. The van der Waals surface area contributed by atoms with Crippen LogP contribution < -0.4 is 4.72 Å². The summed E-state index contributed by atoms with van der Waals surface area (Å²) in [5.74, 6) is -0.194. The third-order valence-corrected chi connectivity index (χ3v) is 4.35. The topological polar surface area (TPSA) is 66.4 Å². The molecule has 1 aromatic carbocycles. The molecular formula is C10H14ClNO3S. The van der Waals surface area contributed by atoms with Gasteiger partial charge in [-0.2, -0.15) is 0 Å². The summed E-state index contributed by atoms with van der Waals surface area (Å²) < 4.78 is 25.0. The van der Waals surface area contributed by atoms with Gasteiger partial charge in [0.25, 0.3) is 0 Å². The van der Waals surface area contributed by atoms with Gasteiger partial charge in [0.05, 0.1) is 10.4 Å². The van der Waals surface area contributed by atoms with E-state index < -0.39 is 14.8 Å². The number of hydrogen-bond acceptors (Lipinski definition) is 3. The second kappa shape index (κ2) is 4.14. The number of hydrogen-bond donors (Lipinski definition) is 2. The lowest BCUT2D eigenvalue weighted by Gasteiger charge is -2.20. The van der Waals surface area contributed by atoms with Gasteiger partial charge in [0.15, 0.2) is 0 Å². The highest BCUT2D eigenvalue weighted by atomic mass is 35.5. The van der Waals surface area contributed by atoms with E-state index in [1.165, 1.54) is 18.2 Å². The largest absolute Gasteiger partial charge is 0.506 e. The van der Waals surface area contributed by atoms with E-state index in [1.807, 2.05) is 0 Å². The van der Waals surface area contributed by atoms with E-state index in [4.69, 9.17) is 11.6 Å². The highest BCUT2D eigenvalue weighted by Crippen LogP contribution is 2.29. The van der Waals surface area contributed by atoms with Crippen LogP contribution in [0, 0.1) is 0 Å². The Morgan fingerprint density at radius 3 is 2.31 bits per heavy atom. The molecule has 16 heavy (non-hydrogen) atoms. The molecule has 1 rings (SSSR count). The van der Waals surface area contributed by atoms with E-state index in [0.717, 1.165) is 0 Å². The maximum atomic E-state index is 11.8. The molecule has 0 bridgehead atoms. The number of halogens is 1. The highest BCUT2D eigenvalue weighted by molar-refractivity contribution is 7.94. The van der Waals surface area contributed by atoms with E-state index in [2.05, 4.69) is 4.72 Å². The SMILES string of the molecule is CC(C)(C)S(=O)(=O)Nc1ccc(Cl)cc1O. The Bertz CT molecular complexity index is 491. The molecule has 0 atom stereocenters. The van der Waals surface area contributed by atoms with Crippen LogP contribution in [0.25, 0.3) is 0 Å². The Labute approximate surface area is 100 Å². The minimum Gasteiger partial charge on any atom is -0.506 e. The average Bonchev–Trinajstić information content (AvgIpc) is 2.08. The first-order valence-corrected chi connectivity index (χ1v) is 6.50. The van der Waals surface area contributed by atoms with Crippen molar-refractivity contribution in [1.82, 2.24) is 0 Å². The molecule has 0 aliphatic heterocycles. The summed E-state index contributed by atoms with van der Waals surface area (Å²) in [5.41, 5.74) is 0.124. The predicted octanol–water partition coefficient (Wildman–Crippen LogP) is 2.59. The van der Waals surface area contributed by atoms with Gasteiger partial charge in [-0.15, -0.1) is 0 Å². The van der Waals surface area contributed by atoms with E-state index >= 15 is 0 Å². The molecule has 90 valence electrons. The number of sulfonamides is 1. The number of anilines is 1. The quantitative estimate of drug-likeness (QED) is 0.806. The standard InChI is InChI=1S/C10H14ClNO3S/c1-10(2,3)16(14,15)12-8-5-4-7(11)6-9(8)13/h4-6,12-13H,1-3H3. The normalized spacial score (nSPS) is 12.5. The van der Waals surface area contributed by atoms with Gasteiger partial charge in [-0.05, 0) is 32.9 Å². The summed E-state index contributed by atoms with van der Waals surface area (Å²) in [4.78, 5) is 0. The number of aromatic hydroxyl groups is 1. The van der Waals surface area contributed by atoms with Gasteiger partial charge in [0.2, 0.25) is 10.0 Å². The molecule has 1 aromatic rings. The molecule has 0 spiro atoms. The maximum Gasteiger partial charge on any atom is 0.237 e. The van der Waals surface area contributed by atoms with Crippen LogP contribution in [0.15, 0.2) is 18.2 Å². The molecule has 0 aliphatic carbocycles. The highest BCUT2D eigenvalue weighted by Gasteiger charge is 2.29. The third-order valence-electron chi connectivity index (χ3n) is 2.01. The van der Waals surface area contributed by atoms with Crippen molar-refractivity contribution in [2.24, 2.45) is 0 Å². The van der Waals surface area contributed by atoms with Gasteiger partial charge in [-0.3, -0.25) is 4.72 Å². The molecule has 0 heterocycles. The summed E-state index contributed by atoms with van der Waals surface area (Å²) in [7, 11) is -3.54. The molecule has 0 aliphatic rings. The van der Waals surface area contributed by atoms with Crippen molar-refractivity contribution in [2.45, 2.75) is 25.5 Å². The first kappa shape index (κ1) is 13.1. The van der Waals surface area contributed by atoms with Crippen LogP contribution in [0.3, 0.4) is 0 Å². The molecule has 0 saturated heterocycles. The zero-order valence-electron chi connectivity index (χ0n) is 9.28. The van der Waals surface area contributed by atoms with Gasteiger partial charge in [-0.25, -0.2) is 8.42 Å². The molecule has 0 fully saturated rings. The summed E-state index contributed by atoms with van der Waals surface area (Å²) in [6, 6.07) is 4.20. The second-order valence-corrected chi connectivity index (χ2v) is 7.25. The Kier molecular flexibility index (Phi) is 3.40. The first-order valence-electron chi connectivity index (χ1n) is 4.64. The lowest BCUT2D eigenvalue weighted by molar-refractivity contribution is 0.477. The van der Waals surface area contributed by atoms with Crippen LogP contribution in [0.2, 0.25) is 5.02 Å². The first-order chi connectivity index (χ1) is 7.13. The lowest BCUT2D eigenvalue weighted by Crippen LogP contribution is -2.33. The van der Waals surface area contributed by atoms with Crippen molar-refractivity contribution in [1.29, 1.82) is 0 Å². The van der Waals surface area contributed by atoms with Crippen molar-refractivity contribution < 1.29 is 13.5 Å². The monoisotopic (exact) mass is 263 g/mol. The van der Waals surface area contributed by atoms with Crippen LogP contribution in [0.1, 0.15) is 20.8 Å². The molecular weight excluding hydrogens is 250 g/mol. The van der Waals surface area contributed by atoms with Crippen molar-refractivity contribution >= 4 is 27.3 Å². The molecule has 0 amide bonds. The smallest absolute Gasteiger partial charge is 0.237 e. The fourth-order valence-corrected chi connectivity index (χ4v) is 1.82. The fraction of sp³-hybridized carbons (Fsp3) is 0.400. The summed E-state index contributed by atoms with van der Waals surface area (Å²) in [6.07, 6.45) is 0. The minimum atomic E-state index is -3.54. The van der Waals surface area contributed by atoms with Crippen LogP contribution in [0.5, 0.6) is 5.75 Å². The van der Waals surface area contributed by atoms with Gasteiger partial charge in [0, 0.05) is 11.1 Å². The number of benzene rings is 1. The maximum absolute atomic E-state index is 11.8. The Balaban J connectivity index is 3.07. The summed E-state index contributed by atoms with van der Waals surface area (Å²) >= 11 is 5.64. The van der Waals surface area contributed by atoms with Crippen LogP contribution in [-0.4, -0.2) is 18.3 Å². The molecule has 0 unspecified atom stereocenters. The zero-order chi connectivity index (χ0) is 12.6. The second-order valence-electron chi connectivity index (χ2n) is 4.38. The number of phenols is 1. The van der Waals surface area contributed by atoms with Crippen LogP contribution in [0.4, 0.5) is 5.69 Å². The average molecular weight is 264 g/mol. The fourth-order valence-electron chi connectivity index (χ4n) is 0.889. The molecule has 0 saturated carbocycles.